The van der Waals surface area contributed by atoms with E-state index in [0.29, 0.717) is 15.6 Å². The lowest BCUT2D eigenvalue weighted by molar-refractivity contribution is -0.123. The molecule has 2 rings (SSSR count). The van der Waals surface area contributed by atoms with Crippen LogP contribution in [0.15, 0.2) is 34.1 Å². The van der Waals surface area contributed by atoms with E-state index in [1.807, 2.05) is 0 Å². The number of hydrogen-bond donors (Lipinski definition) is 3. The maximum absolute atomic E-state index is 12.1. The molecule has 3 N–H and O–H groups in total. The smallest absolute Gasteiger partial charge is 0.262 e. The number of thiophene rings is 1. The molecular formula is C17H17BrCl2N2O4S. The second-order valence-corrected chi connectivity index (χ2v) is 8.81. The van der Waals surface area contributed by atoms with Crippen LogP contribution in [0.25, 0.3) is 0 Å². The summed E-state index contributed by atoms with van der Waals surface area (Å²) in [6.07, 6.45) is -0.958. The summed E-state index contributed by atoms with van der Waals surface area (Å²) in [5.41, 5.74) is 0. The molecule has 0 aliphatic rings. The number of carbonyl (C=O) groups excluding carboxylic acids is 2. The highest BCUT2D eigenvalue weighted by molar-refractivity contribution is 9.11. The van der Waals surface area contributed by atoms with Gasteiger partial charge < -0.3 is 20.5 Å². The number of nitrogens with one attached hydrogen (secondary N) is 2. The first kappa shape index (κ1) is 22.0. The van der Waals surface area contributed by atoms with E-state index in [2.05, 4.69) is 26.6 Å². The van der Waals surface area contributed by atoms with E-state index >= 15 is 0 Å². The minimum Gasteiger partial charge on any atom is -0.489 e. The molecule has 0 fully saturated rings. The summed E-state index contributed by atoms with van der Waals surface area (Å²) in [5, 5.41) is 15.7. The lowest BCUT2D eigenvalue weighted by Crippen LogP contribution is -2.47. The Bertz CT molecular complexity index is 818. The molecule has 0 saturated heterocycles. The number of benzene rings is 1. The van der Waals surface area contributed by atoms with Gasteiger partial charge >= 0.3 is 0 Å². The third kappa shape index (κ3) is 6.65. The van der Waals surface area contributed by atoms with Gasteiger partial charge in [0.25, 0.3) is 5.91 Å². The van der Waals surface area contributed by atoms with Crippen molar-refractivity contribution in [3.63, 3.8) is 0 Å². The van der Waals surface area contributed by atoms with E-state index < -0.39 is 18.1 Å². The van der Waals surface area contributed by atoms with Gasteiger partial charge in [0.05, 0.1) is 13.7 Å². The SMILES string of the molecule is CC(NC(=O)c1ccc(Br)s1)C(=O)NCC(O)COc1cccc(Cl)c1Cl. The molecule has 27 heavy (non-hydrogen) atoms. The molecule has 2 unspecified atom stereocenters. The molecule has 0 aliphatic carbocycles. The van der Waals surface area contributed by atoms with Gasteiger partial charge in [0.15, 0.2) is 0 Å². The van der Waals surface area contributed by atoms with Crippen molar-refractivity contribution in [3.05, 3.63) is 49.0 Å². The van der Waals surface area contributed by atoms with Crippen molar-refractivity contribution in [3.8, 4) is 5.75 Å². The number of aliphatic hydroxyl groups excluding tert-OH is 1. The van der Waals surface area contributed by atoms with E-state index in [1.165, 1.54) is 11.3 Å². The van der Waals surface area contributed by atoms with Crippen LogP contribution in [0.2, 0.25) is 10.0 Å². The van der Waals surface area contributed by atoms with E-state index in [-0.39, 0.29) is 24.1 Å². The van der Waals surface area contributed by atoms with E-state index in [0.717, 1.165) is 3.79 Å². The Kier molecular flexibility index (Phi) is 8.37. The maximum atomic E-state index is 12.1. The molecule has 0 radical (unpaired) electrons. The lowest BCUT2D eigenvalue weighted by atomic mass is 10.2. The zero-order valence-electron chi connectivity index (χ0n) is 14.2. The summed E-state index contributed by atoms with van der Waals surface area (Å²) in [4.78, 5) is 24.6. The van der Waals surface area contributed by atoms with Gasteiger partial charge in [0, 0.05) is 6.54 Å². The Labute approximate surface area is 178 Å². The molecule has 2 aromatic rings. The fraction of sp³-hybridized carbons (Fsp3) is 0.294. The Morgan fingerprint density at radius 3 is 2.70 bits per heavy atom. The van der Waals surface area contributed by atoms with Crippen molar-refractivity contribution < 1.29 is 19.4 Å². The van der Waals surface area contributed by atoms with Crippen LogP contribution in [-0.4, -0.2) is 42.2 Å². The van der Waals surface area contributed by atoms with Crippen molar-refractivity contribution in [1.29, 1.82) is 0 Å². The van der Waals surface area contributed by atoms with Crippen molar-refractivity contribution in [2.75, 3.05) is 13.2 Å². The summed E-state index contributed by atoms with van der Waals surface area (Å²) >= 11 is 16.4. The Balaban J connectivity index is 1.75. The molecule has 0 spiro atoms. The minimum absolute atomic E-state index is 0.0399. The van der Waals surface area contributed by atoms with Crippen LogP contribution >= 0.6 is 50.5 Å². The van der Waals surface area contributed by atoms with Gasteiger partial charge in [-0.05, 0) is 47.1 Å². The summed E-state index contributed by atoms with van der Waals surface area (Å²) in [6, 6.07) is 7.59. The molecule has 146 valence electrons. The molecule has 2 amide bonds. The first-order chi connectivity index (χ1) is 12.8. The average molecular weight is 496 g/mol. The van der Waals surface area contributed by atoms with Crippen LogP contribution < -0.4 is 15.4 Å². The van der Waals surface area contributed by atoms with E-state index in [4.69, 9.17) is 27.9 Å². The molecule has 1 aromatic heterocycles. The molecular weight excluding hydrogens is 479 g/mol. The Hall–Kier alpha value is -1.32. The number of carbonyl (C=O) groups is 2. The van der Waals surface area contributed by atoms with Gasteiger partial charge in [0.2, 0.25) is 5.91 Å². The van der Waals surface area contributed by atoms with Crippen LogP contribution in [0.3, 0.4) is 0 Å². The van der Waals surface area contributed by atoms with Crippen LogP contribution in [-0.2, 0) is 4.79 Å². The summed E-state index contributed by atoms with van der Waals surface area (Å²) in [6.45, 7) is 1.44. The molecule has 0 saturated carbocycles. The van der Waals surface area contributed by atoms with Crippen molar-refractivity contribution in [1.82, 2.24) is 10.6 Å². The molecule has 10 heteroatoms. The highest BCUT2D eigenvalue weighted by atomic mass is 79.9. The van der Waals surface area contributed by atoms with Crippen LogP contribution in [0.1, 0.15) is 16.6 Å². The van der Waals surface area contributed by atoms with E-state index in [9.17, 15) is 14.7 Å². The van der Waals surface area contributed by atoms with E-state index in [1.54, 1.807) is 37.3 Å². The standard InChI is InChI=1S/C17H17BrCl2N2O4S/c1-9(22-17(25)13-5-6-14(18)27-13)16(24)21-7-10(23)8-26-12-4-2-3-11(19)15(12)20/h2-6,9-10,23H,7-8H2,1H3,(H,21,24)(H,22,25). The number of hydrogen-bond acceptors (Lipinski definition) is 5. The lowest BCUT2D eigenvalue weighted by Gasteiger charge is -2.17. The summed E-state index contributed by atoms with van der Waals surface area (Å²) in [5.74, 6) is -0.413. The second kappa shape index (κ2) is 10.3. The van der Waals surface area contributed by atoms with Gasteiger partial charge in [-0.15, -0.1) is 11.3 Å². The maximum Gasteiger partial charge on any atom is 0.262 e. The molecule has 2 atom stereocenters. The van der Waals surface area contributed by atoms with Gasteiger partial charge in [-0.1, -0.05) is 29.3 Å². The molecule has 6 nitrogen and oxygen atoms in total. The highest BCUT2D eigenvalue weighted by Crippen LogP contribution is 2.31. The largest absolute Gasteiger partial charge is 0.489 e. The number of amides is 2. The highest BCUT2D eigenvalue weighted by Gasteiger charge is 2.18. The predicted molar refractivity (Wildman–Crippen MR) is 110 cm³/mol. The second-order valence-electron chi connectivity index (χ2n) is 5.56. The third-order valence-electron chi connectivity index (χ3n) is 3.40. The summed E-state index contributed by atoms with van der Waals surface area (Å²) < 4.78 is 6.23. The van der Waals surface area contributed by atoms with Crippen LogP contribution in [0.5, 0.6) is 5.75 Å². The number of ether oxygens (including phenoxy) is 1. The Morgan fingerprint density at radius 2 is 2.04 bits per heavy atom. The fourth-order valence-electron chi connectivity index (χ4n) is 1.98. The van der Waals surface area contributed by atoms with Crippen molar-refractivity contribution in [2.24, 2.45) is 0 Å². The number of rotatable bonds is 8. The summed E-state index contributed by atoms with van der Waals surface area (Å²) in [7, 11) is 0. The third-order valence-corrected chi connectivity index (χ3v) is 5.82. The first-order valence-corrected chi connectivity index (χ1v) is 10.2. The minimum atomic E-state index is -0.958. The Morgan fingerprint density at radius 1 is 1.30 bits per heavy atom. The zero-order chi connectivity index (χ0) is 20.0. The monoisotopic (exact) mass is 494 g/mol. The first-order valence-electron chi connectivity index (χ1n) is 7.86. The van der Waals surface area contributed by atoms with Crippen LogP contribution in [0, 0.1) is 0 Å². The predicted octanol–water partition coefficient (Wildman–Crippen LogP) is 3.49. The topological polar surface area (TPSA) is 87.7 Å². The van der Waals surface area contributed by atoms with Gasteiger partial charge in [-0.25, -0.2) is 0 Å². The van der Waals surface area contributed by atoms with Gasteiger partial charge in [-0.2, -0.15) is 0 Å². The normalized spacial score (nSPS) is 12.9. The quantitative estimate of drug-likeness (QED) is 0.523. The average Bonchev–Trinajstić information content (AvgIpc) is 3.07. The molecule has 1 aromatic carbocycles. The van der Waals surface area contributed by atoms with Crippen LogP contribution in [0.4, 0.5) is 0 Å². The number of aliphatic hydroxyl groups is 1. The molecule has 0 bridgehead atoms. The zero-order valence-corrected chi connectivity index (χ0v) is 18.1. The number of halogens is 3. The molecule has 1 heterocycles. The van der Waals surface area contributed by atoms with Crippen molar-refractivity contribution >= 4 is 62.3 Å². The molecule has 0 aliphatic heterocycles. The van der Waals surface area contributed by atoms with Gasteiger partial charge in [0.1, 0.15) is 29.5 Å². The van der Waals surface area contributed by atoms with Gasteiger partial charge in [-0.3, -0.25) is 9.59 Å². The fourth-order valence-corrected chi connectivity index (χ4v) is 3.62. The van der Waals surface area contributed by atoms with Crippen molar-refractivity contribution in [2.45, 2.75) is 19.1 Å².